The normalized spacial score (nSPS) is 25.5. The quantitative estimate of drug-likeness (QED) is 0.808. The molecule has 0 aromatic rings. The Balaban J connectivity index is 2.43. The highest BCUT2D eigenvalue weighted by Gasteiger charge is 2.28. The minimum absolute atomic E-state index is 0.203. The van der Waals surface area contributed by atoms with E-state index >= 15 is 0 Å². The summed E-state index contributed by atoms with van der Waals surface area (Å²) in [6.45, 7) is 5.70. The van der Waals surface area contributed by atoms with Crippen molar-refractivity contribution in [1.29, 1.82) is 0 Å². The number of carbonyl (C=O) groups is 1. The summed E-state index contributed by atoms with van der Waals surface area (Å²) in [6.07, 6.45) is 4.18. The second-order valence-electron chi connectivity index (χ2n) is 5.89. The van der Waals surface area contributed by atoms with Gasteiger partial charge in [0, 0.05) is 19.1 Å². The third kappa shape index (κ3) is 4.54. The van der Waals surface area contributed by atoms with Gasteiger partial charge in [-0.05, 0) is 53.5 Å². The lowest BCUT2D eigenvalue weighted by Crippen LogP contribution is -2.44. The Bertz CT molecular complexity index is 253. The van der Waals surface area contributed by atoms with Crippen molar-refractivity contribution in [3.63, 3.8) is 0 Å². The fourth-order valence-electron chi connectivity index (χ4n) is 2.23. The average molecular weight is 242 g/mol. The fourth-order valence-corrected chi connectivity index (χ4v) is 2.23. The Hall–Kier alpha value is -0.770. The maximum atomic E-state index is 11.9. The molecule has 1 rings (SSSR count). The van der Waals surface area contributed by atoms with Crippen LogP contribution in [-0.2, 0) is 4.74 Å². The molecule has 1 aliphatic rings. The van der Waals surface area contributed by atoms with Crippen LogP contribution in [0.15, 0.2) is 0 Å². The predicted molar refractivity (Wildman–Crippen MR) is 69.1 cm³/mol. The molecule has 1 fully saturated rings. The zero-order valence-corrected chi connectivity index (χ0v) is 11.7. The van der Waals surface area contributed by atoms with Crippen LogP contribution in [0.25, 0.3) is 0 Å². The predicted octanol–water partition coefficient (Wildman–Crippen LogP) is 2.38. The molecule has 1 N–H and O–H groups in total. The zero-order valence-electron chi connectivity index (χ0n) is 11.7. The maximum Gasteiger partial charge on any atom is 0.410 e. The van der Waals surface area contributed by atoms with Gasteiger partial charge in [-0.3, -0.25) is 0 Å². The fraction of sp³-hybridized carbons (Fsp3) is 0.923. The van der Waals surface area contributed by atoms with Crippen molar-refractivity contribution in [2.75, 3.05) is 14.1 Å². The Morgan fingerprint density at radius 1 is 1.24 bits per heavy atom. The topological polar surface area (TPSA) is 41.6 Å². The molecule has 0 radical (unpaired) electrons. The molecule has 1 saturated carbocycles. The third-order valence-electron chi connectivity index (χ3n) is 3.33. The zero-order chi connectivity index (χ0) is 13.1. The number of hydrogen-bond acceptors (Lipinski definition) is 3. The van der Waals surface area contributed by atoms with Gasteiger partial charge in [0.25, 0.3) is 0 Å². The Morgan fingerprint density at radius 3 is 2.18 bits per heavy atom. The van der Waals surface area contributed by atoms with Crippen LogP contribution >= 0.6 is 0 Å². The first-order chi connectivity index (χ1) is 7.83. The van der Waals surface area contributed by atoms with Gasteiger partial charge < -0.3 is 15.0 Å². The lowest BCUT2D eigenvalue weighted by Gasteiger charge is -2.35. The van der Waals surface area contributed by atoms with E-state index in [-0.39, 0.29) is 6.09 Å². The highest BCUT2D eigenvalue weighted by molar-refractivity contribution is 5.68. The second kappa shape index (κ2) is 5.71. The molecule has 1 amide bonds. The number of ether oxygens (including phenoxy) is 1. The number of nitrogens with zero attached hydrogens (tertiary/aromatic N) is 1. The first-order valence-corrected chi connectivity index (χ1v) is 6.46. The molecular weight excluding hydrogens is 216 g/mol. The molecule has 4 nitrogen and oxygen atoms in total. The van der Waals surface area contributed by atoms with Crippen LogP contribution in [0.1, 0.15) is 46.5 Å². The number of nitrogens with one attached hydrogen (secondary N) is 1. The molecule has 0 heterocycles. The summed E-state index contributed by atoms with van der Waals surface area (Å²) < 4.78 is 5.38. The molecule has 100 valence electrons. The largest absolute Gasteiger partial charge is 0.444 e. The SMILES string of the molecule is CN[C@H]1CC[C@H](N(C)C(=O)OC(C)(C)C)CC1. The molecule has 0 aromatic carbocycles. The van der Waals surface area contributed by atoms with Crippen molar-refractivity contribution >= 4 is 6.09 Å². The molecule has 0 aliphatic heterocycles. The lowest BCUT2D eigenvalue weighted by molar-refractivity contribution is 0.0180. The van der Waals surface area contributed by atoms with Crippen LogP contribution in [0, 0.1) is 0 Å². The summed E-state index contributed by atoms with van der Waals surface area (Å²) in [5.74, 6) is 0. The van der Waals surface area contributed by atoms with Gasteiger partial charge in [-0.15, -0.1) is 0 Å². The van der Waals surface area contributed by atoms with Crippen molar-refractivity contribution in [3.05, 3.63) is 0 Å². The van der Waals surface area contributed by atoms with Gasteiger partial charge in [0.1, 0.15) is 5.60 Å². The van der Waals surface area contributed by atoms with Gasteiger partial charge in [0.2, 0.25) is 0 Å². The minimum Gasteiger partial charge on any atom is -0.444 e. The van der Waals surface area contributed by atoms with Gasteiger partial charge in [0.15, 0.2) is 0 Å². The summed E-state index contributed by atoms with van der Waals surface area (Å²) in [5, 5.41) is 3.30. The molecule has 4 heteroatoms. The van der Waals surface area contributed by atoms with E-state index in [1.165, 1.54) is 0 Å². The van der Waals surface area contributed by atoms with Crippen molar-refractivity contribution in [1.82, 2.24) is 10.2 Å². The summed E-state index contributed by atoms with van der Waals surface area (Å²) in [4.78, 5) is 13.7. The molecule has 0 unspecified atom stereocenters. The number of rotatable bonds is 2. The van der Waals surface area contributed by atoms with Crippen molar-refractivity contribution in [2.45, 2.75) is 64.1 Å². The highest BCUT2D eigenvalue weighted by atomic mass is 16.6. The maximum absolute atomic E-state index is 11.9. The first kappa shape index (κ1) is 14.3. The molecule has 0 atom stereocenters. The van der Waals surface area contributed by atoms with Crippen LogP contribution in [0.3, 0.4) is 0 Å². The molecule has 0 spiro atoms. The van der Waals surface area contributed by atoms with Crippen LogP contribution in [-0.4, -0.2) is 42.8 Å². The summed E-state index contributed by atoms with van der Waals surface area (Å²) in [7, 11) is 3.85. The van der Waals surface area contributed by atoms with E-state index in [0.29, 0.717) is 12.1 Å². The Labute approximate surface area is 105 Å². The van der Waals surface area contributed by atoms with Crippen LogP contribution < -0.4 is 5.32 Å². The van der Waals surface area contributed by atoms with Crippen LogP contribution in [0.4, 0.5) is 4.79 Å². The molecule has 0 saturated heterocycles. The number of carbonyl (C=O) groups excluding carboxylic acids is 1. The second-order valence-corrected chi connectivity index (χ2v) is 5.89. The summed E-state index contributed by atoms with van der Waals surface area (Å²) in [6, 6.07) is 0.938. The van der Waals surface area contributed by atoms with E-state index in [1.807, 2.05) is 34.9 Å². The van der Waals surface area contributed by atoms with Gasteiger partial charge in [-0.2, -0.15) is 0 Å². The molecule has 0 bridgehead atoms. The van der Waals surface area contributed by atoms with E-state index in [1.54, 1.807) is 4.90 Å². The molecule has 17 heavy (non-hydrogen) atoms. The first-order valence-electron chi connectivity index (χ1n) is 6.46. The van der Waals surface area contributed by atoms with Gasteiger partial charge >= 0.3 is 6.09 Å². The van der Waals surface area contributed by atoms with Crippen molar-refractivity contribution in [2.24, 2.45) is 0 Å². The smallest absolute Gasteiger partial charge is 0.410 e. The van der Waals surface area contributed by atoms with E-state index in [2.05, 4.69) is 5.32 Å². The molecule has 1 aliphatic carbocycles. The summed E-state index contributed by atoms with van der Waals surface area (Å²) >= 11 is 0. The highest BCUT2D eigenvalue weighted by Crippen LogP contribution is 2.23. The van der Waals surface area contributed by atoms with Gasteiger partial charge in [-0.1, -0.05) is 0 Å². The lowest BCUT2D eigenvalue weighted by atomic mass is 9.90. The summed E-state index contributed by atoms with van der Waals surface area (Å²) in [5.41, 5.74) is -0.409. The van der Waals surface area contributed by atoms with Crippen LogP contribution in [0.5, 0.6) is 0 Å². The number of hydrogen-bond donors (Lipinski definition) is 1. The Kier molecular flexibility index (Phi) is 4.80. The Morgan fingerprint density at radius 2 is 1.76 bits per heavy atom. The van der Waals surface area contributed by atoms with Gasteiger partial charge in [-0.25, -0.2) is 4.79 Å². The molecule has 0 aromatic heterocycles. The number of amides is 1. The average Bonchev–Trinajstić information content (AvgIpc) is 2.26. The minimum atomic E-state index is -0.409. The van der Waals surface area contributed by atoms with Crippen molar-refractivity contribution in [3.8, 4) is 0 Å². The van der Waals surface area contributed by atoms with Crippen LogP contribution in [0.2, 0.25) is 0 Å². The van der Waals surface area contributed by atoms with E-state index in [4.69, 9.17) is 4.74 Å². The van der Waals surface area contributed by atoms with E-state index < -0.39 is 5.60 Å². The van der Waals surface area contributed by atoms with Crippen molar-refractivity contribution < 1.29 is 9.53 Å². The van der Waals surface area contributed by atoms with E-state index in [9.17, 15) is 4.79 Å². The third-order valence-corrected chi connectivity index (χ3v) is 3.33. The van der Waals surface area contributed by atoms with Gasteiger partial charge in [0.05, 0.1) is 0 Å². The standard InChI is InChI=1S/C13H26N2O2/c1-13(2,3)17-12(16)15(5)11-8-6-10(14-4)7-9-11/h10-11,14H,6-9H2,1-5H3/t10-,11-. The van der Waals surface area contributed by atoms with E-state index in [0.717, 1.165) is 25.7 Å². The molecular formula is C13H26N2O2. The monoisotopic (exact) mass is 242 g/mol.